The van der Waals surface area contributed by atoms with E-state index in [1.54, 1.807) is 0 Å². The van der Waals surface area contributed by atoms with E-state index in [0.29, 0.717) is 12.1 Å². The Kier molecular flexibility index (Phi) is 6.83. The number of carbonyl (C=O) groups is 1. The lowest BCUT2D eigenvalue weighted by Gasteiger charge is -2.45. The van der Waals surface area contributed by atoms with Gasteiger partial charge in [0.2, 0.25) is 0 Å². The smallest absolute Gasteiger partial charge is 0.310 e. The largest absolute Gasteiger partial charge is 0.348 e. The first kappa shape index (κ1) is 25.8. The van der Waals surface area contributed by atoms with Crippen molar-refractivity contribution in [1.82, 2.24) is 10.2 Å². The summed E-state index contributed by atoms with van der Waals surface area (Å²) in [7, 11) is -9.83. The SMILES string of the molecule is Cl.O=C(NCc1ccc(C2CCCC3CCCCN32)cc1)c1cccc(S(F)(F)(F)(F)F)c1. The van der Waals surface area contributed by atoms with Crippen LogP contribution in [0.2, 0.25) is 0 Å². The van der Waals surface area contributed by atoms with Gasteiger partial charge in [0, 0.05) is 24.2 Å². The van der Waals surface area contributed by atoms with E-state index in [0.717, 1.165) is 30.7 Å². The van der Waals surface area contributed by atoms with Crippen molar-refractivity contribution in [3.05, 3.63) is 65.2 Å². The molecule has 2 aliphatic rings. The van der Waals surface area contributed by atoms with Gasteiger partial charge in [-0.15, -0.1) is 12.4 Å². The number of fused-ring (bicyclic) bond motifs is 1. The number of piperidine rings is 2. The molecule has 1 amide bonds. The monoisotopic (exact) mass is 510 g/mol. The van der Waals surface area contributed by atoms with E-state index in [1.165, 1.54) is 37.7 Å². The fourth-order valence-corrected chi connectivity index (χ4v) is 5.52. The van der Waals surface area contributed by atoms with Gasteiger partial charge >= 0.3 is 10.2 Å². The first-order chi connectivity index (χ1) is 14.9. The summed E-state index contributed by atoms with van der Waals surface area (Å²) in [5.41, 5.74) is 1.57. The van der Waals surface area contributed by atoms with Gasteiger partial charge in [-0.3, -0.25) is 9.69 Å². The summed E-state index contributed by atoms with van der Waals surface area (Å²) in [5, 5.41) is 2.51. The molecule has 2 unspecified atom stereocenters. The van der Waals surface area contributed by atoms with Crippen molar-refractivity contribution in [3.63, 3.8) is 0 Å². The third kappa shape index (κ3) is 6.19. The third-order valence-electron chi connectivity index (χ3n) is 6.45. The average molecular weight is 511 g/mol. The van der Waals surface area contributed by atoms with Crippen molar-refractivity contribution < 1.29 is 24.2 Å². The molecule has 4 rings (SSSR count). The molecule has 0 radical (unpaired) electrons. The van der Waals surface area contributed by atoms with Gasteiger partial charge in [-0.2, -0.15) is 0 Å². The molecule has 0 saturated carbocycles. The molecule has 0 bridgehead atoms. The lowest BCUT2D eigenvalue weighted by molar-refractivity contribution is 0.0518. The molecule has 1 N–H and O–H groups in total. The fraction of sp³-hybridized carbons (Fsp3) is 0.435. The molecule has 10 heteroatoms. The topological polar surface area (TPSA) is 32.3 Å². The van der Waals surface area contributed by atoms with Crippen molar-refractivity contribution in [2.24, 2.45) is 0 Å². The lowest BCUT2D eigenvalue weighted by Crippen LogP contribution is -2.44. The fourth-order valence-electron chi connectivity index (χ4n) is 4.83. The van der Waals surface area contributed by atoms with Crippen LogP contribution >= 0.6 is 22.6 Å². The second-order valence-electron chi connectivity index (χ2n) is 8.76. The van der Waals surface area contributed by atoms with E-state index in [2.05, 4.69) is 10.2 Å². The van der Waals surface area contributed by atoms with E-state index < -0.39 is 26.6 Å². The predicted molar refractivity (Wildman–Crippen MR) is 124 cm³/mol. The maximum atomic E-state index is 13.0. The Balaban J connectivity index is 0.00000306. The van der Waals surface area contributed by atoms with Crippen LogP contribution in [0, 0.1) is 0 Å². The van der Waals surface area contributed by atoms with Gasteiger partial charge < -0.3 is 5.32 Å². The summed E-state index contributed by atoms with van der Waals surface area (Å²) in [5.74, 6) is -0.832. The zero-order chi connectivity index (χ0) is 23.0. The van der Waals surface area contributed by atoms with Crippen LogP contribution in [0.4, 0.5) is 19.4 Å². The average Bonchev–Trinajstić information content (AvgIpc) is 2.76. The molecule has 0 spiro atoms. The lowest BCUT2D eigenvalue weighted by atomic mass is 9.86. The van der Waals surface area contributed by atoms with Crippen LogP contribution in [-0.4, -0.2) is 23.4 Å². The second kappa shape index (κ2) is 8.74. The van der Waals surface area contributed by atoms with Crippen LogP contribution in [0.5, 0.6) is 0 Å². The van der Waals surface area contributed by atoms with Crippen LogP contribution in [-0.2, 0) is 6.54 Å². The quantitative estimate of drug-likeness (QED) is 0.416. The van der Waals surface area contributed by atoms with Crippen LogP contribution in [0.15, 0.2) is 53.4 Å². The molecule has 2 aromatic carbocycles. The van der Waals surface area contributed by atoms with E-state index in [-0.39, 0.29) is 31.1 Å². The Morgan fingerprint density at radius 1 is 0.939 bits per heavy atom. The summed E-state index contributed by atoms with van der Waals surface area (Å²) in [6, 6.07) is 11.3. The van der Waals surface area contributed by atoms with E-state index in [4.69, 9.17) is 0 Å². The van der Waals surface area contributed by atoms with Crippen LogP contribution in [0.3, 0.4) is 0 Å². The maximum absolute atomic E-state index is 13.0. The molecule has 0 aromatic heterocycles. The third-order valence-corrected chi connectivity index (χ3v) is 7.59. The molecule has 2 saturated heterocycles. The van der Waals surface area contributed by atoms with E-state index >= 15 is 0 Å². The normalized spacial score (nSPS) is 23.4. The van der Waals surface area contributed by atoms with Crippen LogP contribution in [0.25, 0.3) is 0 Å². The van der Waals surface area contributed by atoms with E-state index in [9.17, 15) is 24.2 Å². The number of nitrogens with zero attached hydrogens (tertiary/aromatic N) is 1. The molecule has 184 valence electrons. The minimum atomic E-state index is -9.83. The second-order valence-corrected chi connectivity index (χ2v) is 11.2. The Hall–Kier alpha value is -1.84. The molecule has 33 heavy (non-hydrogen) atoms. The highest BCUT2D eigenvalue weighted by atomic mass is 35.5. The summed E-state index contributed by atoms with van der Waals surface area (Å²) in [4.78, 5) is 12.8. The Morgan fingerprint density at radius 3 is 2.33 bits per heavy atom. The van der Waals surface area contributed by atoms with Gasteiger partial charge in [0.05, 0.1) is 0 Å². The van der Waals surface area contributed by atoms with Gasteiger partial charge in [0.25, 0.3) is 5.91 Å². The number of rotatable bonds is 5. The molecule has 2 atom stereocenters. The molecule has 0 aliphatic carbocycles. The molecule has 3 nitrogen and oxygen atoms in total. The number of nitrogens with one attached hydrogen (secondary N) is 1. The van der Waals surface area contributed by atoms with Gasteiger partial charge in [0.15, 0.2) is 0 Å². The summed E-state index contributed by atoms with van der Waals surface area (Å²) in [6.07, 6.45) is 7.35. The molecule has 2 aliphatic heterocycles. The first-order valence-electron chi connectivity index (χ1n) is 10.9. The number of carbonyl (C=O) groups excluding carboxylic acids is 1. The van der Waals surface area contributed by atoms with Gasteiger partial charge in [-0.05, 0) is 68.0 Å². The Morgan fingerprint density at radius 2 is 1.64 bits per heavy atom. The van der Waals surface area contributed by atoms with Crippen molar-refractivity contribution in [2.45, 2.75) is 62.0 Å². The Labute approximate surface area is 196 Å². The van der Waals surface area contributed by atoms with Crippen molar-refractivity contribution in [1.29, 1.82) is 0 Å². The highest BCUT2D eigenvalue weighted by Gasteiger charge is 2.65. The Bertz CT molecular complexity index is 999. The maximum Gasteiger partial charge on any atom is 0.310 e. The standard InChI is InChI=1S/C23H27F5N2OS.ClH/c24-32(25,26,27,28)21-8-3-5-19(15-21)23(31)29-16-17-10-12-18(13-11-17)22-9-4-7-20-6-1-2-14-30(20)22;/h3,5,8,10-13,15,20,22H,1-2,4,6-7,9,14,16H2,(H,29,31);1H. The van der Waals surface area contributed by atoms with Crippen molar-refractivity contribution in [3.8, 4) is 0 Å². The van der Waals surface area contributed by atoms with Gasteiger partial charge in [-0.1, -0.05) is 56.2 Å². The minimum Gasteiger partial charge on any atom is -0.348 e. The zero-order valence-electron chi connectivity index (χ0n) is 18.0. The molecule has 2 aromatic rings. The molecular weight excluding hydrogens is 483 g/mol. The number of hydrogen-bond donors (Lipinski definition) is 1. The predicted octanol–water partition coefficient (Wildman–Crippen LogP) is 7.78. The zero-order valence-corrected chi connectivity index (χ0v) is 19.6. The number of amides is 1. The number of hydrogen-bond acceptors (Lipinski definition) is 2. The first-order valence-corrected chi connectivity index (χ1v) is 12.8. The summed E-state index contributed by atoms with van der Waals surface area (Å²) < 4.78 is 65.0. The summed E-state index contributed by atoms with van der Waals surface area (Å²) in [6.45, 7) is 1.21. The highest BCUT2D eigenvalue weighted by Crippen LogP contribution is 3.02. The van der Waals surface area contributed by atoms with Crippen molar-refractivity contribution in [2.75, 3.05) is 6.54 Å². The molecule has 2 heterocycles. The van der Waals surface area contributed by atoms with Gasteiger partial charge in [-0.25, -0.2) is 0 Å². The molecular formula is C23H28ClF5N2OS. The number of halogens is 6. The van der Waals surface area contributed by atoms with E-state index in [1.807, 2.05) is 24.3 Å². The summed E-state index contributed by atoms with van der Waals surface area (Å²) >= 11 is 0. The van der Waals surface area contributed by atoms with Crippen LogP contribution in [0.1, 0.15) is 66.1 Å². The minimum absolute atomic E-state index is 0. The number of benzene rings is 2. The highest BCUT2D eigenvalue weighted by molar-refractivity contribution is 8.45. The molecule has 2 fully saturated rings. The van der Waals surface area contributed by atoms with Crippen LogP contribution < -0.4 is 5.32 Å². The van der Waals surface area contributed by atoms with Crippen molar-refractivity contribution >= 4 is 28.5 Å². The van der Waals surface area contributed by atoms with Gasteiger partial charge in [0.1, 0.15) is 4.90 Å².